The van der Waals surface area contributed by atoms with Gasteiger partial charge in [-0.1, -0.05) is 6.92 Å². The molecule has 0 bridgehead atoms. The van der Waals surface area contributed by atoms with E-state index in [9.17, 15) is 18.0 Å². The van der Waals surface area contributed by atoms with Gasteiger partial charge < -0.3 is 10.6 Å². The van der Waals surface area contributed by atoms with Crippen LogP contribution in [0.2, 0.25) is 0 Å². The Morgan fingerprint density at radius 2 is 2.08 bits per heavy atom. The predicted octanol–water partition coefficient (Wildman–Crippen LogP) is 2.27. The Morgan fingerprint density at radius 1 is 1.38 bits per heavy atom. The minimum atomic E-state index is -4.55. The smallest absolute Gasteiger partial charge is 0.372 e. The van der Waals surface area contributed by atoms with Gasteiger partial charge in [0.1, 0.15) is 11.4 Å². The van der Waals surface area contributed by atoms with Crippen LogP contribution in [0.5, 0.6) is 0 Å². The second-order valence-electron chi connectivity index (χ2n) is 4.79. The van der Waals surface area contributed by atoms with Crippen molar-refractivity contribution in [3.63, 3.8) is 0 Å². The average molecular weight is 343 g/mol. The van der Waals surface area contributed by atoms with E-state index in [-0.39, 0.29) is 24.1 Å². The summed E-state index contributed by atoms with van der Waals surface area (Å²) in [6.45, 7) is 3.36. The number of alkyl halides is 3. The number of nitrogens with zero attached hydrogens (tertiary/aromatic N) is 4. The molecule has 130 valence electrons. The van der Waals surface area contributed by atoms with Crippen molar-refractivity contribution in [2.45, 2.75) is 26.4 Å². The minimum Gasteiger partial charge on any atom is -0.372 e. The molecule has 1 amide bonds. The van der Waals surface area contributed by atoms with Crippen molar-refractivity contribution < 1.29 is 18.0 Å². The first kappa shape index (κ1) is 17.5. The van der Waals surface area contributed by atoms with Crippen molar-refractivity contribution in [2.24, 2.45) is 0 Å². The monoisotopic (exact) mass is 343 g/mol. The summed E-state index contributed by atoms with van der Waals surface area (Å²) in [4.78, 5) is 20.0. The highest BCUT2D eigenvalue weighted by molar-refractivity contribution is 5.83. The number of carbonyl (C=O) groups is 1. The first-order chi connectivity index (χ1) is 11.2. The summed E-state index contributed by atoms with van der Waals surface area (Å²) in [5, 5.41) is 9.23. The van der Waals surface area contributed by atoms with E-state index in [1.54, 1.807) is 13.8 Å². The molecular formula is C13H16F3N7O. The number of hydrogen-bond acceptors (Lipinski definition) is 6. The largest absolute Gasteiger partial charge is 0.421 e. The maximum absolute atomic E-state index is 12.8. The van der Waals surface area contributed by atoms with Crippen LogP contribution in [0, 0.1) is 6.92 Å². The fourth-order valence-corrected chi connectivity index (χ4v) is 1.81. The predicted molar refractivity (Wildman–Crippen MR) is 81.5 cm³/mol. The van der Waals surface area contributed by atoms with Crippen LogP contribution in [0.3, 0.4) is 0 Å². The Hall–Kier alpha value is -2.85. The summed E-state index contributed by atoms with van der Waals surface area (Å²) in [5.74, 6) is -0.603. The number of hydrogen-bond donors (Lipinski definition) is 3. The van der Waals surface area contributed by atoms with Crippen LogP contribution in [-0.4, -0.2) is 32.8 Å². The van der Waals surface area contributed by atoms with Crippen molar-refractivity contribution in [3.8, 4) is 0 Å². The summed E-state index contributed by atoms with van der Waals surface area (Å²) in [5.41, 5.74) is 2.52. The maximum Gasteiger partial charge on any atom is 0.421 e. The molecule has 0 radical (unpaired) electrons. The second kappa shape index (κ2) is 6.72. The molecule has 0 aliphatic carbocycles. The molecule has 0 saturated heterocycles. The van der Waals surface area contributed by atoms with Gasteiger partial charge in [-0.15, -0.1) is 0 Å². The second-order valence-corrected chi connectivity index (χ2v) is 4.79. The van der Waals surface area contributed by atoms with Gasteiger partial charge in [-0.25, -0.2) is 10.4 Å². The quantitative estimate of drug-likeness (QED) is 0.771. The number of rotatable bonds is 5. The molecule has 0 unspecified atom stereocenters. The molecule has 0 atom stereocenters. The Morgan fingerprint density at radius 3 is 2.67 bits per heavy atom. The van der Waals surface area contributed by atoms with Crippen LogP contribution in [0.1, 0.15) is 24.6 Å². The van der Waals surface area contributed by atoms with Crippen LogP contribution in [0.15, 0.2) is 12.4 Å². The van der Waals surface area contributed by atoms with Gasteiger partial charge in [0.2, 0.25) is 11.9 Å². The summed E-state index contributed by atoms with van der Waals surface area (Å²) in [7, 11) is 1.34. The molecule has 0 fully saturated rings. The van der Waals surface area contributed by atoms with Gasteiger partial charge in [-0.2, -0.15) is 28.0 Å². The highest BCUT2D eigenvalue weighted by Gasteiger charge is 2.35. The zero-order valence-corrected chi connectivity index (χ0v) is 13.2. The number of aryl methyl sites for hydroxylation is 1. The molecule has 11 heteroatoms. The van der Waals surface area contributed by atoms with E-state index in [1.807, 2.05) is 0 Å². The first-order valence-corrected chi connectivity index (χ1v) is 6.99. The van der Waals surface area contributed by atoms with E-state index in [0.717, 1.165) is 0 Å². The Balaban J connectivity index is 2.24. The lowest BCUT2D eigenvalue weighted by Gasteiger charge is -2.12. The third-order valence-electron chi connectivity index (χ3n) is 3.04. The van der Waals surface area contributed by atoms with Gasteiger partial charge >= 0.3 is 6.18 Å². The summed E-state index contributed by atoms with van der Waals surface area (Å²) in [6.07, 6.45) is -2.10. The SMILES string of the molecule is CCC(=O)Nn1cc(Nc2ncc(C(F)(F)F)c(NC)n2)c(C)n1. The van der Waals surface area contributed by atoms with E-state index >= 15 is 0 Å². The zero-order chi connectivity index (χ0) is 17.9. The number of halogens is 3. The van der Waals surface area contributed by atoms with Crippen LogP contribution >= 0.6 is 0 Å². The molecule has 3 N–H and O–H groups in total. The molecule has 24 heavy (non-hydrogen) atoms. The molecule has 0 aliphatic heterocycles. The minimum absolute atomic E-state index is 0.0307. The first-order valence-electron chi connectivity index (χ1n) is 6.99. The zero-order valence-electron chi connectivity index (χ0n) is 13.2. The van der Waals surface area contributed by atoms with Crippen LogP contribution in [0.25, 0.3) is 0 Å². The van der Waals surface area contributed by atoms with E-state index in [1.165, 1.54) is 18.0 Å². The fraction of sp³-hybridized carbons (Fsp3) is 0.385. The van der Waals surface area contributed by atoms with Crippen molar-refractivity contribution in [1.82, 2.24) is 19.9 Å². The average Bonchev–Trinajstić information content (AvgIpc) is 2.85. The van der Waals surface area contributed by atoms with Crippen LogP contribution in [0.4, 0.5) is 30.6 Å². The maximum atomic E-state index is 12.8. The summed E-state index contributed by atoms with van der Waals surface area (Å²) < 4.78 is 38.5. The Labute approximate surface area is 135 Å². The molecule has 0 aromatic carbocycles. The van der Waals surface area contributed by atoms with Crippen LogP contribution < -0.4 is 16.1 Å². The van der Waals surface area contributed by atoms with Crippen molar-refractivity contribution in [3.05, 3.63) is 23.7 Å². The third-order valence-corrected chi connectivity index (χ3v) is 3.04. The molecule has 0 aliphatic rings. The lowest BCUT2D eigenvalue weighted by molar-refractivity contribution is -0.137. The summed E-state index contributed by atoms with van der Waals surface area (Å²) >= 11 is 0. The molecular weight excluding hydrogens is 327 g/mol. The standard InChI is InChI=1S/C13H16F3N7O/c1-4-10(24)22-23-6-9(7(2)21-23)19-12-18-5-8(13(14,15)16)11(17-3)20-12/h5-6H,4H2,1-3H3,(H,22,24)(H2,17,18,19,20). The Kier molecular flexibility index (Phi) is 4.90. The van der Waals surface area contributed by atoms with Gasteiger partial charge in [0, 0.05) is 19.7 Å². The fourth-order valence-electron chi connectivity index (χ4n) is 1.81. The van der Waals surface area contributed by atoms with Gasteiger partial charge in [-0.05, 0) is 6.92 Å². The van der Waals surface area contributed by atoms with Gasteiger partial charge in [0.05, 0.1) is 17.6 Å². The molecule has 2 aromatic rings. The highest BCUT2D eigenvalue weighted by atomic mass is 19.4. The molecule has 0 saturated carbocycles. The Bertz CT molecular complexity index is 742. The molecule has 2 rings (SSSR count). The van der Waals surface area contributed by atoms with Crippen LogP contribution in [-0.2, 0) is 11.0 Å². The van der Waals surface area contributed by atoms with Crippen molar-refractivity contribution in [2.75, 3.05) is 23.1 Å². The normalized spacial score (nSPS) is 11.2. The summed E-state index contributed by atoms with van der Waals surface area (Å²) in [6, 6.07) is 0. The molecule has 2 aromatic heterocycles. The number of carbonyl (C=O) groups excluding carboxylic acids is 1. The number of anilines is 3. The van der Waals surface area contributed by atoms with Crippen molar-refractivity contribution >= 4 is 23.4 Å². The van der Waals surface area contributed by atoms with Gasteiger partial charge in [-0.3, -0.25) is 4.79 Å². The molecule has 0 spiro atoms. The number of aromatic nitrogens is 4. The van der Waals surface area contributed by atoms with E-state index < -0.39 is 11.7 Å². The van der Waals surface area contributed by atoms with E-state index in [0.29, 0.717) is 17.6 Å². The van der Waals surface area contributed by atoms with E-state index in [2.05, 4.69) is 31.1 Å². The van der Waals surface area contributed by atoms with Gasteiger partial charge in [0.25, 0.3) is 0 Å². The molecule has 8 nitrogen and oxygen atoms in total. The topological polar surface area (TPSA) is 96.8 Å². The lowest BCUT2D eigenvalue weighted by Crippen LogP contribution is -2.22. The lowest BCUT2D eigenvalue weighted by atomic mass is 10.3. The highest BCUT2D eigenvalue weighted by Crippen LogP contribution is 2.33. The third kappa shape index (κ3) is 3.91. The van der Waals surface area contributed by atoms with Gasteiger partial charge in [0.15, 0.2) is 0 Å². The number of nitrogens with one attached hydrogen (secondary N) is 3. The van der Waals surface area contributed by atoms with Crippen molar-refractivity contribution in [1.29, 1.82) is 0 Å². The van der Waals surface area contributed by atoms with E-state index in [4.69, 9.17) is 0 Å². The molecule has 2 heterocycles. The number of amides is 1.